The van der Waals surface area contributed by atoms with Gasteiger partial charge in [0, 0.05) is 18.9 Å². The van der Waals surface area contributed by atoms with Crippen molar-refractivity contribution in [2.45, 2.75) is 24.3 Å². The number of nitrogens with two attached hydrogens (primary N) is 1. The van der Waals surface area contributed by atoms with Crippen molar-refractivity contribution >= 4 is 16.1 Å². The number of amides is 2. The first-order valence-electron chi connectivity index (χ1n) is 7.42. The summed E-state index contributed by atoms with van der Waals surface area (Å²) in [6, 6.07) is 9.57. The van der Waals surface area contributed by atoms with Crippen LogP contribution >= 0.6 is 0 Å². The third-order valence-corrected chi connectivity index (χ3v) is 4.43. The number of primary sulfonamides is 1. The van der Waals surface area contributed by atoms with Crippen LogP contribution in [0.5, 0.6) is 0 Å². The van der Waals surface area contributed by atoms with E-state index in [-0.39, 0.29) is 17.0 Å². The Labute approximate surface area is 141 Å². The number of carbonyl (C=O) groups is 1. The molecule has 2 amide bonds. The molecule has 1 aromatic heterocycles. The molecule has 0 bridgehead atoms. The highest BCUT2D eigenvalue weighted by Crippen LogP contribution is 2.10. The number of benzene rings is 1. The lowest BCUT2D eigenvalue weighted by molar-refractivity contribution is 0.238. The fourth-order valence-electron chi connectivity index (χ4n) is 2.15. The van der Waals surface area contributed by atoms with E-state index in [1.54, 1.807) is 24.5 Å². The minimum absolute atomic E-state index is 0.0723. The first kappa shape index (κ1) is 17.9. The Hall–Kier alpha value is -2.45. The molecule has 128 valence electrons. The maximum Gasteiger partial charge on any atom is 0.315 e. The van der Waals surface area contributed by atoms with Gasteiger partial charge < -0.3 is 10.6 Å². The molecule has 0 aliphatic rings. The number of rotatable bonds is 6. The zero-order valence-electron chi connectivity index (χ0n) is 13.3. The summed E-state index contributed by atoms with van der Waals surface area (Å²) < 4.78 is 22.4. The van der Waals surface area contributed by atoms with Gasteiger partial charge in [0.05, 0.1) is 10.9 Å². The van der Waals surface area contributed by atoms with Crippen LogP contribution in [0.25, 0.3) is 0 Å². The monoisotopic (exact) mass is 348 g/mol. The van der Waals surface area contributed by atoms with Crippen molar-refractivity contribution in [2.75, 3.05) is 6.54 Å². The SMILES string of the molecule is CC(NC(=O)NCCc1ccc(S(N)(=O)=O)cc1)c1ccncc1. The molecule has 1 unspecified atom stereocenters. The largest absolute Gasteiger partial charge is 0.338 e. The van der Waals surface area contributed by atoms with Crippen molar-refractivity contribution in [1.29, 1.82) is 0 Å². The van der Waals surface area contributed by atoms with Crippen molar-refractivity contribution in [2.24, 2.45) is 5.14 Å². The van der Waals surface area contributed by atoms with E-state index >= 15 is 0 Å². The number of nitrogens with one attached hydrogen (secondary N) is 2. The molecule has 0 saturated heterocycles. The summed E-state index contributed by atoms with van der Waals surface area (Å²) in [5, 5.41) is 10.6. The van der Waals surface area contributed by atoms with E-state index in [9.17, 15) is 13.2 Å². The Bertz CT molecular complexity index is 777. The van der Waals surface area contributed by atoms with Crippen LogP contribution in [-0.4, -0.2) is 26.0 Å². The topological polar surface area (TPSA) is 114 Å². The van der Waals surface area contributed by atoms with Crippen LogP contribution in [0.4, 0.5) is 4.79 Å². The maximum absolute atomic E-state index is 11.9. The Balaban J connectivity index is 1.78. The zero-order chi connectivity index (χ0) is 17.6. The molecule has 0 aliphatic heterocycles. The minimum atomic E-state index is -3.68. The highest BCUT2D eigenvalue weighted by Gasteiger charge is 2.09. The number of pyridine rings is 1. The van der Waals surface area contributed by atoms with Gasteiger partial charge in [-0.05, 0) is 48.7 Å². The molecule has 1 heterocycles. The van der Waals surface area contributed by atoms with Gasteiger partial charge in [0.2, 0.25) is 10.0 Å². The fraction of sp³-hybridized carbons (Fsp3) is 0.250. The van der Waals surface area contributed by atoms with Crippen LogP contribution in [0, 0.1) is 0 Å². The Morgan fingerprint density at radius 1 is 1.17 bits per heavy atom. The lowest BCUT2D eigenvalue weighted by atomic mass is 10.1. The van der Waals surface area contributed by atoms with E-state index in [1.165, 1.54) is 12.1 Å². The second-order valence-electron chi connectivity index (χ2n) is 5.34. The Morgan fingerprint density at radius 2 is 1.79 bits per heavy atom. The van der Waals surface area contributed by atoms with Gasteiger partial charge in [-0.15, -0.1) is 0 Å². The summed E-state index contributed by atoms with van der Waals surface area (Å²) in [7, 11) is -3.68. The summed E-state index contributed by atoms with van der Waals surface area (Å²) >= 11 is 0. The van der Waals surface area contributed by atoms with Crippen LogP contribution in [0.15, 0.2) is 53.7 Å². The Kier molecular flexibility index (Phi) is 5.88. The molecule has 0 spiro atoms. The van der Waals surface area contributed by atoms with Gasteiger partial charge in [0.25, 0.3) is 0 Å². The minimum Gasteiger partial charge on any atom is -0.338 e. The molecule has 2 aromatic rings. The number of nitrogens with zero attached hydrogens (tertiary/aromatic N) is 1. The van der Waals surface area contributed by atoms with E-state index in [1.807, 2.05) is 19.1 Å². The Morgan fingerprint density at radius 3 is 2.38 bits per heavy atom. The average molecular weight is 348 g/mol. The number of hydrogen-bond acceptors (Lipinski definition) is 4. The molecular weight excluding hydrogens is 328 g/mol. The molecule has 0 fully saturated rings. The van der Waals surface area contributed by atoms with Gasteiger partial charge >= 0.3 is 6.03 Å². The first-order chi connectivity index (χ1) is 11.4. The summed E-state index contributed by atoms with van der Waals surface area (Å²) in [6.45, 7) is 2.32. The lowest BCUT2D eigenvalue weighted by Gasteiger charge is -2.14. The van der Waals surface area contributed by atoms with Crippen molar-refractivity contribution in [1.82, 2.24) is 15.6 Å². The third kappa shape index (κ3) is 5.32. The number of carbonyl (C=O) groups excluding carboxylic acids is 1. The molecule has 8 heteroatoms. The first-order valence-corrected chi connectivity index (χ1v) is 8.97. The van der Waals surface area contributed by atoms with E-state index < -0.39 is 10.0 Å². The van der Waals surface area contributed by atoms with E-state index in [4.69, 9.17) is 5.14 Å². The van der Waals surface area contributed by atoms with Gasteiger partial charge in [-0.1, -0.05) is 12.1 Å². The van der Waals surface area contributed by atoms with Crippen LogP contribution in [0.3, 0.4) is 0 Å². The molecule has 1 aromatic carbocycles. The normalized spacial score (nSPS) is 12.4. The third-order valence-electron chi connectivity index (χ3n) is 3.50. The second-order valence-corrected chi connectivity index (χ2v) is 6.90. The molecule has 24 heavy (non-hydrogen) atoms. The van der Waals surface area contributed by atoms with Crippen molar-refractivity contribution < 1.29 is 13.2 Å². The standard InChI is InChI=1S/C16H20N4O3S/c1-12(14-7-9-18-10-8-14)20-16(21)19-11-6-13-2-4-15(5-3-13)24(17,22)23/h2-5,7-10,12H,6,11H2,1H3,(H2,17,22,23)(H2,19,20,21). The smallest absolute Gasteiger partial charge is 0.315 e. The number of aromatic nitrogens is 1. The quantitative estimate of drug-likeness (QED) is 0.730. The highest BCUT2D eigenvalue weighted by molar-refractivity contribution is 7.89. The van der Waals surface area contributed by atoms with Gasteiger partial charge in [0.15, 0.2) is 0 Å². The van der Waals surface area contributed by atoms with Crippen LogP contribution in [-0.2, 0) is 16.4 Å². The van der Waals surface area contributed by atoms with Gasteiger partial charge in [-0.25, -0.2) is 18.4 Å². The zero-order valence-corrected chi connectivity index (χ0v) is 14.1. The number of hydrogen-bond donors (Lipinski definition) is 3. The molecule has 7 nitrogen and oxygen atoms in total. The predicted molar refractivity (Wildman–Crippen MR) is 90.7 cm³/mol. The van der Waals surface area contributed by atoms with Crippen molar-refractivity contribution in [3.8, 4) is 0 Å². The summed E-state index contributed by atoms with van der Waals surface area (Å²) in [4.78, 5) is 15.9. The van der Waals surface area contributed by atoms with Crippen molar-refractivity contribution in [3.05, 3.63) is 59.9 Å². The summed E-state index contributed by atoms with van der Waals surface area (Å²) in [5.41, 5.74) is 1.88. The van der Waals surface area contributed by atoms with E-state index in [0.717, 1.165) is 11.1 Å². The van der Waals surface area contributed by atoms with Crippen LogP contribution in [0.2, 0.25) is 0 Å². The van der Waals surface area contributed by atoms with Crippen LogP contribution in [0.1, 0.15) is 24.1 Å². The van der Waals surface area contributed by atoms with Crippen molar-refractivity contribution in [3.63, 3.8) is 0 Å². The van der Waals surface area contributed by atoms with Gasteiger partial charge in [-0.3, -0.25) is 4.98 Å². The molecular formula is C16H20N4O3S. The maximum atomic E-state index is 11.9. The number of urea groups is 1. The molecule has 2 rings (SSSR count). The molecule has 4 N–H and O–H groups in total. The van der Waals surface area contributed by atoms with Crippen LogP contribution < -0.4 is 15.8 Å². The average Bonchev–Trinajstić information content (AvgIpc) is 2.55. The molecule has 0 saturated carbocycles. The van der Waals surface area contributed by atoms with Gasteiger partial charge in [0.1, 0.15) is 0 Å². The molecule has 0 aliphatic carbocycles. The number of sulfonamides is 1. The van der Waals surface area contributed by atoms with E-state index in [2.05, 4.69) is 15.6 Å². The summed E-state index contributed by atoms with van der Waals surface area (Å²) in [6.07, 6.45) is 3.94. The highest BCUT2D eigenvalue weighted by atomic mass is 32.2. The second kappa shape index (κ2) is 7.89. The van der Waals surface area contributed by atoms with Gasteiger partial charge in [-0.2, -0.15) is 0 Å². The fourth-order valence-corrected chi connectivity index (χ4v) is 2.66. The summed E-state index contributed by atoms with van der Waals surface area (Å²) in [5.74, 6) is 0. The predicted octanol–water partition coefficient (Wildman–Crippen LogP) is 1.33. The molecule has 1 atom stereocenters. The van der Waals surface area contributed by atoms with E-state index in [0.29, 0.717) is 13.0 Å². The molecule has 0 radical (unpaired) electrons. The lowest BCUT2D eigenvalue weighted by Crippen LogP contribution is -2.38.